The molecule has 200 valence electrons. The number of rotatable bonds is 6. The van der Waals surface area contributed by atoms with E-state index in [2.05, 4.69) is 52.6 Å². The summed E-state index contributed by atoms with van der Waals surface area (Å²) >= 11 is -0.479. The molecule has 0 radical (unpaired) electrons. The molecule has 2 aromatic carbocycles. The number of hydrogen-bond acceptors (Lipinski definition) is 8. The summed E-state index contributed by atoms with van der Waals surface area (Å²) in [6.07, 6.45) is 7.39. The minimum atomic E-state index is -0.479. The Hall–Kier alpha value is -4.34. The van der Waals surface area contributed by atoms with Gasteiger partial charge < -0.3 is 0 Å². The average Bonchev–Trinajstić information content (AvgIpc) is 3.38. The predicted molar refractivity (Wildman–Crippen MR) is 152 cm³/mol. The van der Waals surface area contributed by atoms with Crippen molar-refractivity contribution in [1.82, 2.24) is 19.7 Å². The molecule has 0 aliphatic carbocycles. The molecule has 1 fully saturated rings. The zero-order valence-corrected chi connectivity index (χ0v) is 24.0. The fourth-order valence-electron chi connectivity index (χ4n) is 4.36. The van der Waals surface area contributed by atoms with Gasteiger partial charge in [-0.05, 0) is 13.0 Å². The van der Waals surface area contributed by atoms with Crippen LogP contribution in [0.15, 0.2) is 88.1 Å². The second-order valence-corrected chi connectivity index (χ2v) is 11.7. The monoisotopic (exact) mass is 641 g/mol. The first-order valence-electron chi connectivity index (χ1n) is 12.8. The van der Waals surface area contributed by atoms with E-state index in [-0.39, 0.29) is 0 Å². The number of aromatic nitrogens is 4. The van der Waals surface area contributed by atoms with E-state index in [1.807, 2.05) is 61.7 Å². The minimum absolute atomic E-state index is 0.479. The van der Waals surface area contributed by atoms with Crippen molar-refractivity contribution in [2.45, 2.75) is 6.92 Å². The van der Waals surface area contributed by atoms with Crippen LogP contribution in [0.2, 0.25) is 0 Å². The van der Waals surface area contributed by atoms with Crippen molar-refractivity contribution in [3.63, 3.8) is 0 Å². The van der Waals surface area contributed by atoms with Crippen molar-refractivity contribution in [2.75, 3.05) is 36.5 Å². The van der Waals surface area contributed by atoms with E-state index in [4.69, 9.17) is 4.74 Å². The van der Waals surface area contributed by atoms with Crippen LogP contribution in [0, 0.1) is 18.3 Å². The van der Waals surface area contributed by atoms with E-state index < -0.39 is 21.2 Å². The Morgan fingerprint density at radius 2 is 1.82 bits per heavy atom. The van der Waals surface area contributed by atoms with Gasteiger partial charge in [0.2, 0.25) is 0 Å². The Labute approximate surface area is 242 Å². The molecule has 10 heteroatoms. The van der Waals surface area contributed by atoms with E-state index in [9.17, 15) is 5.26 Å². The van der Waals surface area contributed by atoms with Gasteiger partial charge >= 0.3 is 220 Å². The number of morpholine rings is 1. The second kappa shape index (κ2) is 11.8. The normalized spacial score (nSPS) is 15.3. The first-order chi connectivity index (χ1) is 19.6. The Morgan fingerprint density at radius 1 is 0.975 bits per heavy atom. The molecule has 0 saturated carbocycles. The van der Waals surface area contributed by atoms with Gasteiger partial charge in [0.15, 0.2) is 0 Å². The number of nitriles is 1. The Balaban J connectivity index is 1.13. The van der Waals surface area contributed by atoms with Crippen LogP contribution in [-0.4, -0.2) is 52.3 Å². The SMILES string of the molecule is Cc1ccc(-c2ncn(-c3ccc(NC4=C[I-]C(c5cc(C#N)cc(N6CCOCC6)c5)=CC=N4)cc3)n2)cn1. The van der Waals surface area contributed by atoms with E-state index in [1.54, 1.807) is 17.2 Å². The van der Waals surface area contributed by atoms with Crippen molar-refractivity contribution < 1.29 is 25.9 Å². The molecular formula is C30H26IN8O-. The smallest absolute Gasteiger partial charge is 0.261 e. The topological polar surface area (TPSA) is 104 Å². The summed E-state index contributed by atoms with van der Waals surface area (Å²) in [5.41, 5.74) is 6.50. The van der Waals surface area contributed by atoms with Crippen molar-refractivity contribution in [3.05, 3.63) is 99.9 Å². The number of ether oxygens (including phenoxy) is 1. The summed E-state index contributed by atoms with van der Waals surface area (Å²) in [6.45, 7) is 5.03. The second-order valence-electron chi connectivity index (χ2n) is 9.25. The maximum atomic E-state index is 9.64. The number of anilines is 2. The van der Waals surface area contributed by atoms with Crippen molar-refractivity contribution >= 4 is 21.2 Å². The molecule has 0 spiro atoms. The maximum absolute atomic E-state index is 9.64. The Kier molecular flexibility index (Phi) is 7.65. The molecule has 4 heterocycles. The zero-order chi connectivity index (χ0) is 27.3. The summed E-state index contributed by atoms with van der Waals surface area (Å²) < 4.78 is 10.6. The van der Waals surface area contributed by atoms with Crippen molar-refractivity contribution in [2.24, 2.45) is 4.99 Å². The number of aliphatic imine (C=N–C) groups is 1. The third-order valence-electron chi connectivity index (χ3n) is 6.47. The average molecular weight is 641 g/mol. The van der Waals surface area contributed by atoms with Crippen LogP contribution >= 0.6 is 0 Å². The quantitative estimate of drug-likeness (QED) is 0.321. The number of aryl methyl sites for hydroxylation is 1. The molecule has 2 aromatic heterocycles. The fraction of sp³-hybridized carbons (Fsp3) is 0.167. The van der Waals surface area contributed by atoms with Crippen molar-refractivity contribution in [1.29, 1.82) is 5.26 Å². The van der Waals surface area contributed by atoms with Gasteiger partial charge in [-0.15, -0.1) is 0 Å². The molecular weight excluding hydrogens is 615 g/mol. The van der Waals surface area contributed by atoms with Crippen LogP contribution in [0.3, 0.4) is 0 Å². The van der Waals surface area contributed by atoms with E-state index >= 15 is 0 Å². The van der Waals surface area contributed by atoms with Crippen LogP contribution < -0.4 is 31.4 Å². The number of allylic oxidation sites excluding steroid dienone is 1. The zero-order valence-electron chi connectivity index (χ0n) is 21.8. The number of pyridine rings is 1. The molecule has 0 bridgehead atoms. The fourth-order valence-corrected chi connectivity index (χ4v) is 6.35. The van der Waals surface area contributed by atoms with E-state index in [1.165, 1.54) is 3.58 Å². The molecule has 0 unspecified atom stereocenters. The van der Waals surface area contributed by atoms with Crippen LogP contribution in [0.1, 0.15) is 16.8 Å². The van der Waals surface area contributed by atoms with E-state index in [0.717, 1.165) is 52.8 Å². The summed E-state index contributed by atoms with van der Waals surface area (Å²) in [5.74, 6) is 1.45. The Bertz CT molecular complexity index is 1640. The predicted octanol–water partition coefficient (Wildman–Crippen LogP) is 1.77. The van der Waals surface area contributed by atoms with Gasteiger partial charge in [-0.3, -0.25) is 4.98 Å². The van der Waals surface area contributed by atoms with Gasteiger partial charge in [0, 0.05) is 5.69 Å². The molecule has 1 saturated heterocycles. The third kappa shape index (κ3) is 5.95. The Morgan fingerprint density at radius 3 is 2.60 bits per heavy atom. The molecule has 6 rings (SSSR count). The van der Waals surface area contributed by atoms with Crippen molar-refractivity contribution in [3.8, 4) is 23.1 Å². The molecule has 9 nitrogen and oxygen atoms in total. The van der Waals surface area contributed by atoms with Gasteiger partial charge in [-0.2, -0.15) is 0 Å². The first-order valence-corrected chi connectivity index (χ1v) is 15.2. The van der Waals surface area contributed by atoms with Gasteiger partial charge in [0.25, 0.3) is 0 Å². The van der Waals surface area contributed by atoms with E-state index in [0.29, 0.717) is 24.6 Å². The minimum Gasteiger partial charge on any atom is -0.261 e. The van der Waals surface area contributed by atoms with Crippen LogP contribution in [-0.2, 0) is 4.74 Å². The van der Waals surface area contributed by atoms with Gasteiger partial charge in [0.1, 0.15) is 0 Å². The molecule has 0 atom stereocenters. The number of halogens is 1. The number of nitrogens with one attached hydrogen (secondary N) is 1. The first kappa shape index (κ1) is 25.9. The standard InChI is InChI=1S/C30H26IN8O/c1-21-2-3-23(19-34-21)30-35-20-39(37-30)26-6-4-25(5-7-26)36-29-17-31-28(8-9-33-29)24-14-22(18-32)15-27(16-24)38-10-12-40-13-11-38/h2-9,14-17,19-20,36H,10-13H2,1H3/q-1. The summed E-state index contributed by atoms with van der Waals surface area (Å²) in [7, 11) is 0. The molecule has 4 aromatic rings. The molecule has 1 N–H and O–H groups in total. The molecule has 0 amide bonds. The molecule has 2 aliphatic heterocycles. The number of nitrogens with zero attached hydrogens (tertiary/aromatic N) is 7. The number of hydrogen-bond donors (Lipinski definition) is 1. The summed E-state index contributed by atoms with van der Waals surface area (Å²) in [5, 5.41) is 17.7. The number of benzene rings is 2. The third-order valence-corrected chi connectivity index (χ3v) is 9.03. The van der Waals surface area contributed by atoms with Crippen LogP contribution in [0.5, 0.6) is 0 Å². The summed E-state index contributed by atoms with van der Waals surface area (Å²) in [4.78, 5) is 15.7. The van der Waals surface area contributed by atoms with Gasteiger partial charge in [-0.1, -0.05) is 0 Å². The molecule has 40 heavy (non-hydrogen) atoms. The van der Waals surface area contributed by atoms with Crippen LogP contribution in [0.4, 0.5) is 11.4 Å². The van der Waals surface area contributed by atoms with Gasteiger partial charge in [-0.25, -0.2) is 0 Å². The van der Waals surface area contributed by atoms with Crippen LogP contribution in [0.25, 0.3) is 20.7 Å². The molecule has 2 aliphatic rings. The van der Waals surface area contributed by atoms with Gasteiger partial charge in [0.05, 0.1) is 0 Å². The summed E-state index contributed by atoms with van der Waals surface area (Å²) in [6, 6.07) is 20.4.